The van der Waals surface area contributed by atoms with Gasteiger partial charge < -0.3 is 14.3 Å². The molecule has 7 heteroatoms. The fraction of sp³-hybridized carbons (Fsp3) is 0.167. The first-order valence-corrected chi connectivity index (χ1v) is 10.1. The Bertz CT molecular complexity index is 1180. The van der Waals surface area contributed by atoms with Crippen molar-refractivity contribution in [1.82, 2.24) is 0 Å². The maximum absolute atomic E-state index is 13.1. The number of amides is 1. The smallest absolute Gasteiger partial charge is 0.300 e. The van der Waals surface area contributed by atoms with Crippen LogP contribution in [0.15, 0.2) is 70.9 Å². The Morgan fingerprint density at radius 1 is 1.16 bits per heavy atom. The Kier molecular flexibility index (Phi) is 5.57. The van der Waals surface area contributed by atoms with Gasteiger partial charge in [0.2, 0.25) is 0 Å². The third-order valence-corrected chi connectivity index (χ3v) is 5.52. The molecule has 1 N–H and O–H groups in total. The molecule has 3 aromatic rings. The Morgan fingerprint density at radius 3 is 2.65 bits per heavy atom. The van der Waals surface area contributed by atoms with Gasteiger partial charge in [0.1, 0.15) is 23.3 Å². The van der Waals surface area contributed by atoms with Crippen LogP contribution in [0.4, 0.5) is 5.69 Å². The maximum atomic E-state index is 13.1. The first kappa shape index (κ1) is 20.8. The van der Waals surface area contributed by atoms with Gasteiger partial charge in [-0.25, -0.2) is 0 Å². The number of halogens is 1. The second-order valence-electron chi connectivity index (χ2n) is 7.08. The molecule has 31 heavy (non-hydrogen) atoms. The van der Waals surface area contributed by atoms with Crippen molar-refractivity contribution in [2.45, 2.75) is 19.9 Å². The van der Waals surface area contributed by atoms with E-state index in [-0.39, 0.29) is 11.3 Å². The first-order valence-electron chi connectivity index (χ1n) is 9.76. The minimum Gasteiger partial charge on any atom is -0.507 e. The Balaban J connectivity index is 1.90. The van der Waals surface area contributed by atoms with E-state index in [9.17, 15) is 14.7 Å². The van der Waals surface area contributed by atoms with Crippen molar-refractivity contribution >= 4 is 34.7 Å². The average molecular weight is 438 g/mol. The standard InChI is InChI=1S/C24H20ClNO5/c1-3-30-17-7-4-6-15(12-17)22(27)20-21(19-8-5-11-31-19)26(24(29)23(20)28)16-10-9-14(2)18(25)13-16/h4-13,21,27H,3H2,1-2H3/b22-20-. The molecule has 4 rings (SSSR count). The number of hydrogen-bond acceptors (Lipinski definition) is 5. The van der Waals surface area contributed by atoms with Crippen molar-refractivity contribution in [3.63, 3.8) is 0 Å². The van der Waals surface area contributed by atoms with Crippen LogP contribution in [0.25, 0.3) is 5.76 Å². The fourth-order valence-corrected chi connectivity index (χ4v) is 3.78. The zero-order valence-electron chi connectivity index (χ0n) is 17.0. The largest absolute Gasteiger partial charge is 0.507 e. The van der Waals surface area contributed by atoms with Gasteiger partial charge >= 0.3 is 0 Å². The molecule has 2 heterocycles. The molecule has 2 aromatic carbocycles. The summed E-state index contributed by atoms with van der Waals surface area (Å²) in [4.78, 5) is 27.4. The highest BCUT2D eigenvalue weighted by Gasteiger charge is 2.48. The van der Waals surface area contributed by atoms with E-state index >= 15 is 0 Å². The van der Waals surface area contributed by atoms with E-state index in [1.54, 1.807) is 54.6 Å². The molecule has 0 spiro atoms. The molecule has 1 amide bonds. The summed E-state index contributed by atoms with van der Waals surface area (Å²) >= 11 is 6.27. The summed E-state index contributed by atoms with van der Waals surface area (Å²) in [6.07, 6.45) is 1.45. The molecule has 6 nitrogen and oxygen atoms in total. The lowest BCUT2D eigenvalue weighted by Gasteiger charge is -2.23. The Hall–Kier alpha value is -3.51. The first-order chi connectivity index (χ1) is 14.9. The number of carbonyl (C=O) groups excluding carboxylic acids is 2. The zero-order valence-corrected chi connectivity index (χ0v) is 17.7. The summed E-state index contributed by atoms with van der Waals surface area (Å²) in [7, 11) is 0. The molecule has 0 saturated carbocycles. The number of aliphatic hydroxyl groups excluding tert-OH is 1. The van der Waals surface area contributed by atoms with Crippen molar-refractivity contribution in [2.75, 3.05) is 11.5 Å². The molecule has 0 bridgehead atoms. The van der Waals surface area contributed by atoms with Crippen molar-refractivity contribution in [2.24, 2.45) is 0 Å². The molecule has 0 aliphatic carbocycles. The molecule has 0 radical (unpaired) electrons. The highest BCUT2D eigenvalue weighted by molar-refractivity contribution is 6.51. The van der Waals surface area contributed by atoms with Gasteiger partial charge in [-0.3, -0.25) is 14.5 Å². The lowest BCUT2D eigenvalue weighted by atomic mass is 9.99. The number of nitrogens with zero attached hydrogens (tertiary/aromatic N) is 1. The van der Waals surface area contributed by atoms with Gasteiger partial charge in [0.15, 0.2) is 0 Å². The van der Waals surface area contributed by atoms with Crippen molar-refractivity contribution in [3.05, 3.63) is 88.3 Å². The van der Waals surface area contributed by atoms with Crippen LogP contribution in [0.1, 0.15) is 29.9 Å². The monoisotopic (exact) mass is 437 g/mol. The third-order valence-electron chi connectivity index (χ3n) is 5.11. The summed E-state index contributed by atoms with van der Waals surface area (Å²) in [5.74, 6) is -0.998. The van der Waals surface area contributed by atoms with Crippen LogP contribution in [0.2, 0.25) is 5.02 Å². The molecular weight excluding hydrogens is 418 g/mol. The number of carbonyl (C=O) groups is 2. The van der Waals surface area contributed by atoms with Gasteiger partial charge in [0.05, 0.1) is 18.4 Å². The minimum atomic E-state index is -0.940. The van der Waals surface area contributed by atoms with Crippen LogP contribution >= 0.6 is 11.6 Å². The zero-order chi connectivity index (χ0) is 22.1. The van der Waals surface area contributed by atoms with Crippen LogP contribution in [-0.4, -0.2) is 23.4 Å². The number of aryl methyl sites for hydroxylation is 1. The molecule has 158 valence electrons. The van der Waals surface area contributed by atoms with Gasteiger partial charge in [-0.15, -0.1) is 0 Å². The van der Waals surface area contributed by atoms with Crippen molar-refractivity contribution in [1.29, 1.82) is 0 Å². The summed E-state index contributed by atoms with van der Waals surface area (Å²) in [6, 6.07) is 14.2. The Labute approximate surface area is 184 Å². The molecule has 1 saturated heterocycles. The quantitative estimate of drug-likeness (QED) is 0.334. The number of ketones is 1. The number of ether oxygens (including phenoxy) is 1. The predicted octanol–water partition coefficient (Wildman–Crippen LogP) is 5.27. The number of aliphatic hydroxyl groups is 1. The lowest BCUT2D eigenvalue weighted by Crippen LogP contribution is -2.29. The number of benzene rings is 2. The van der Waals surface area contributed by atoms with Crippen LogP contribution in [-0.2, 0) is 9.59 Å². The third kappa shape index (κ3) is 3.70. The number of anilines is 1. The number of hydrogen-bond donors (Lipinski definition) is 1. The van der Waals surface area contributed by atoms with Gasteiger partial charge in [0, 0.05) is 16.3 Å². The summed E-state index contributed by atoms with van der Waals surface area (Å²) < 4.78 is 11.0. The summed E-state index contributed by atoms with van der Waals surface area (Å²) in [6.45, 7) is 4.15. The van der Waals surface area contributed by atoms with E-state index in [0.29, 0.717) is 34.4 Å². The summed E-state index contributed by atoms with van der Waals surface area (Å²) in [5, 5.41) is 11.6. The van der Waals surface area contributed by atoms with E-state index in [4.69, 9.17) is 20.8 Å². The number of furan rings is 1. The highest BCUT2D eigenvalue weighted by Crippen LogP contribution is 2.43. The maximum Gasteiger partial charge on any atom is 0.300 e. The number of Topliss-reactive ketones (excluding diaryl/α,β-unsaturated/α-hetero) is 1. The molecule has 1 unspecified atom stereocenters. The molecular formula is C24H20ClNO5. The minimum absolute atomic E-state index is 0.0645. The average Bonchev–Trinajstić information content (AvgIpc) is 3.37. The number of rotatable bonds is 5. The lowest BCUT2D eigenvalue weighted by molar-refractivity contribution is -0.132. The van der Waals surface area contributed by atoms with Crippen LogP contribution in [0, 0.1) is 6.92 Å². The SMILES string of the molecule is CCOc1cccc(/C(O)=C2/C(=O)C(=O)N(c3ccc(C)c(Cl)c3)C2c2ccco2)c1. The predicted molar refractivity (Wildman–Crippen MR) is 117 cm³/mol. The van der Waals surface area contributed by atoms with E-state index in [0.717, 1.165) is 5.56 Å². The van der Waals surface area contributed by atoms with Gasteiger partial charge in [-0.1, -0.05) is 29.8 Å². The Morgan fingerprint density at radius 2 is 1.97 bits per heavy atom. The van der Waals surface area contributed by atoms with E-state index in [1.165, 1.54) is 11.2 Å². The molecule has 1 aliphatic heterocycles. The van der Waals surface area contributed by atoms with Gasteiger partial charge in [0.25, 0.3) is 11.7 Å². The topological polar surface area (TPSA) is 80.0 Å². The van der Waals surface area contributed by atoms with Gasteiger partial charge in [-0.05, 0) is 55.8 Å². The van der Waals surface area contributed by atoms with Crippen LogP contribution < -0.4 is 9.64 Å². The van der Waals surface area contributed by atoms with Crippen molar-refractivity contribution < 1.29 is 23.8 Å². The van der Waals surface area contributed by atoms with Crippen molar-refractivity contribution in [3.8, 4) is 5.75 Å². The molecule has 1 aromatic heterocycles. The van der Waals surface area contributed by atoms with E-state index in [1.807, 2.05) is 13.8 Å². The highest BCUT2D eigenvalue weighted by atomic mass is 35.5. The van der Waals surface area contributed by atoms with E-state index in [2.05, 4.69) is 0 Å². The molecule has 1 atom stereocenters. The second kappa shape index (κ2) is 8.32. The molecule has 1 fully saturated rings. The van der Waals surface area contributed by atoms with Crippen LogP contribution in [0.5, 0.6) is 5.75 Å². The summed E-state index contributed by atoms with van der Waals surface area (Å²) in [5.41, 5.74) is 1.57. The van der Waals surface area contributed by atoms with Crippen LogP contribution in [0.3, 0.4) is 0 Å². The fourth-order valence-electron chi connectivity index (χ4n) is 3.60. The second-order valence-corrected chi connectivity index (χ2v) is 7.49. The van der Waals surface area contributed by atoms with E-state index < -0.39 is 17.7 Å². The molecule has 1 aliphatic rings. The normalized spacial score (nSPS) is 17.9. The van der Waals surface area contributed by atoms with Gasteiger partial charge in [-0.2, -0.15) is 0 Å².